The number of hydrogen-bond acceptors (Lipinski definition) is 7. The van der Waals surface area contributed by atoms with Crippen molar-refractivity contribution in [3.05, 3.63) is 0 Å². The highest BCUT2D eigenvalue weighted by Crippen LogP contribution is 2.33. The number of amides is 6. The monoisotopic (exact) mass is 584 g/mol. The summed E-state index contributed by atoms with van der Waals surface area (Å²) < 4.78 is 5.41. The second-order valence-electron chi connectivity index (χ2n) is 10.6. The molecule has 0 aromatic heterocycles. The van der Waals surface area contributed by atoms with Gasteiger partial charge in [0.2, 0.25) is 23.6 Å². The van der Waals surface area contributed by atoms with Gasteiger partial charge in [0.15, 0.2) is 0 Å². The van der Waals surface area contributed by atoms with Gasteiger partial charge >= 0.3 is 6.03 Å². The first-order valence-electron chi connectivity index (χ1n) is 14.6. The lowest BCUT2D eigenvalue weighted by atomic mass is 10.0. The molecule has 6 amide bonds. The Labute approximate surface area is 242 Å². The zero-order valence-electron chi connectivity index (χ0n) is 24.0. The highest BCUT2D eigenvalue weighted by molar-refractivity contribution is 8.00. The largest absolute Gasteiger partial charge is 0.378 e. The molecule has 1 unspecified atom stereocenters. The van der Waals surface area contributed by atoms with Crippen LogP contribution in [0.1, 0.15) is 78.1 Å². The van der Waals surface area contributed by atoms with Crippen LogP contribution in [0.5, 0.6) is 0 Å². The Balaban J connectivity index is 1.31. The summed E-state index contributed by atoms with van der Waals surface area (Å²) in [4.78, 5) is 58.6. The predicted molar refractivity (Wildman–Crippen MR) is 155 cm³/mol. The van der Waals surface area contributed by atoms with E-state index in [1.165, 1.54) is 0 Å². The van der Waals surface area contributed by atoms with Crippen LogP contribution in [0.15, 0.2) is 0 Å². The highest BCUT2D eigenvalue weighted by Gasteiger charge is 2.42. The molecule has 13 heteroatoms. The maximum Gasteiger partial charge on any atom is 0.315 e. The molecule has 2 aliphatic heterocycles. The molecule has 2 fully saturated rings. The first kappa shape index (κ1) is 33.7. The van der Waals surface area contributed by atoms with Crippen LogP contribution in [0.25, 0.3) is 0 Å². The molecule has 0 spiro atoms. The number of carbonyl (C=O) groups excluding carboxylic acids is 5. The lowest BCUT2D eigenvalue weighted by molar-refractivity contribution is -0.126. The molecule has 2 saturated heterocycles. The van der Waals surface area contributed by atoms with Crippen LogP contribution in [0, 0.1) is 0 Å². The van der Waals surface area contributed by atoms with Crippen molar-refractivity contribution in [3.8, 4) is 0 Å². The molecular formula is C27H48N6O6S. The van der Waals surface area contributed by atoms with Crippen molar-refractivity contribution < 1.29 is 28.7 Å². The Morgan fingerprint density at radius 2 is 1.40 bits per heavy atom. The van der Waals surface area contributed by atoms with Crippen molar-refractivity contribution in [2.75, 3.05) is 38.6 Å². The van der Waals surface area contributed by atoms with Crippen LogP contribution in [-0.2, 0) is 23.9 Å². The van der Waals surface area contributed by atoms with Crippen LogP contribution in [0.2, 0.25) is 0 Å². The molecule has 0 aromatic carbocycles. The van der Waals surface area contributed by atoms with Crippen LogP contribution >= 0.6 is 11.8 Å². The van der Waals surface area contributed by atoms with Gasteiger partial charge in [-0.2, -0.15) is 11.8 Å². The number of ether oxygens (including phenoxy) is 1. The number of nitrogens with one attached hydrogen (secondary N) is 6. The lowest BCUT2D eigenvalue weighted by Crippen LogP contribution is -2.36. The molecule has 228 valence electrons. The van der Waals surface area contributed by atoms with Gasteiger partial charge in [0, 0.05) is 62.4 Å². The number of carbonyl (C=O) groups is 5. The standard InChI is InChI=1S/C27H48N6O6S/c1-19(2)31-25(37)12-11-24(36)30-15-17-39-16-14-29-23(35)9-4-3-7-13-28-22(34)10-6-5-8-21-26-20(18-40-21)32-27(38)33-26/h19-21,26H,3-18H2,1-2H3,(H,28,34)(H,29,35)(H,30,36)(H,31,37)(H2,32,33,38)/t20-,21?,26-/m1/s1. The third-order valence-electron chi connectivity index (χ3n) is 6.65. The molecule has 3 atom stereocenters. The molecule has 0 radical (unpaired) electrons. The molecule has 0 aliphatic carbocycles. The second-order valence-corrected chi connectivity index (χ2v) is 11.8. The van der Waals surface area contributed by atoms with E-state index in [4.69, 9.17) is 4.74 Å². The summed E-state index contributed by atoms with van der Waals surface area (Å²) in [5.41, 5.74) is 0. The van der Waals surface area contributed by atoms with E-state index < -0.39 is 0 Å². The van der Waals surface area contributed by atoms with Crippen molar-refractivity contribution in [2.45, 2.75) is 101 Å². The molecule has 2 aliphatic rings. The maximum absolute atomic E-state index is 12.0. The van der Waals surface area contributed by atoms with Gasteiger partial charge < -0.3 is 36.6 Å². The number of thioether (sulfide) groups is 1. The minimum absolute atomic E-state index is 0.0275. The molecule has 12 nitrogen and oxygen atoms in total. The molecule has 0 bridgehead atoms. The van der Waals surface area contributed by atoms with E-state index in [0.717, 1.165) is 44.3 Å². The Hall–Kier alpha value is -2.54. The third kappa shape index (κ3) is 14.7. The summed E-state index contributed by atoms with van der Waals surface area (Å²) in [5, 5.41) is 17.6. The molecule has 0 saturated carbocycles. The van der Waals surface area contributed by atoms with Gasteiger partial charge in [0.25, 0.3) is 0 Å². The Morgan fingerprint density at radius 1 is 0.800 bits per heavy atom. The van der Waals surface area contributed by atoms with Gasteiger partial charge in [-0.3, -0.25) is 19.2 Å². The van der Waals surface area contributed by atoms with Gasteiger partial charge in [0.1, 0.15) is 0 Å². The summed E-state index contributed by atoms with van der Waals surface area (Å²) in [5.74, 6) is 0.664. The number of fused-ring (bicyclic) bond motifs is 1. The summed E-state index contributed by atoms with van der Waals surface area (Å²) >= 11 is 1.90. The van der Waals surface area contributed by atoms with Crippen molar-refractivity contribution in [2.24, 2.45) is 0 Å². The molecule has 6 N–H and O–H groups in total. The van der Waals surface area contributed by atoms with Crippen LogP contribution < -0.4 is 31.9 Å². The van der Waals surface area contributed by atoms with E-state index in [-0.39, 0.29) is 60.6 Å². The van der Waals surface area contributed by atoms with Crippen LogP contribution in [-0.4, -0.2) is 91.6 Å². The fourth-order valence-electron chi connectivity index (χ4n) is 4.60. The predicted octanol–water partition coefficient (Wildman–Crippen LogP) is 0.943. The number of hydrogen-bond donors (Lipinski definition) is 6. The normalized spacial score (nSPS) is 19.5. The van der Waals surface area contributed by atoms with Crippen molar-refractivity contribution in [1.29, 1.82) is 0 Å². The van der Waals surface area contributed by atoms with Crippen molar-refractivity contribution >= 4 is 41.4 Å². The summed E-state index contributed by atoms with van der Waals surface area (Å²) in [6.07, 6.45) is 6.55. The summed E-state index contributed by atoms with van der Waals surface area (Å²) in [7, 11) is 0. The second kappa shape index (κ2) is 19.5. The topological polar surface area (TPSA) is 167 Å². The number of urea groups is 1. The van der Waals surface area contributed by atoms with E-state index >= 15 is 0 Å². The lowest BCUT2D eigenvalue weighted by Gasteiger charge is -2.16. The fraction of sp³-hybridized carbons (Fsp3) is 0.815. The Bertz CT molecular complexity index is 829. The maximum atomic E-state index is 12.0. The van der Waals surface area contributed by atoms with Crippen LogP contribution in [0.4, 0.5) is 4.79 Å². The van der Waals surface area contributed by atoms with Crippen molar-refractivity contribution in [1.82, 2.24) is 31.9 Å². The van der Waals surface area contributed by atoms with Crippen molar-refractivity contribution in [3.63, 3.8) is 0 Å². The Kier molecular flexibility index (Phi) is 16.4. The molecule has 0 aromatic rings. The van der Waals surface area contributed by atoms with E-state index in [1.807, 2.05) is 25.6 Å². The summed E-state index contributed by atoms with van der Waals surface area (Å²) in [6.45, 7) is 5.82. The minimum atomic E-state index is -0.192. The van der Waals surface area contributed by atoms with E-state index in [9.17, 15) is 24.0 Å². The first-order chi connectivity index (χ1) is 19.2. The quantitative estimate of drug-likeness (QED) is 0.0863. The third-order valence-corrected chi connectivity index (χ3v) is 8.16. The highest BCUT2D eigenvalue weighted by atomic mass is 32.2. The zero-order chi connectivity index (χ0) is 29.2. The van der Waals surface area contributed by atoms with Crippen LogP contribution in [0.3, 0.4) is 0 Å². The van der Waals surface area contributed by atoms with Gasteiger partial charge in [-0.1, -0.05) is 12.8 Å². The SMILES string of the molecule is CC(C)NC(=O)CCC(=O)NCCOCCNC(=O)CCCCCNC(=O)CCCCC1SC[C@H]2NC(=O)N[C@@H]12. The van der Waals surface area contributed by atoms with Gasteiger partial charge in [-0.15, -0.1) is 0 Å². The summed E-state index contributed by atoms with van der Waals surface area (Å²) in [6, 6.07) is 0.453. The van der Waals surface area contributed by atoms with Gasteiger partial charge in [-0.25, -0.2) is 4.79 Å². The first-order valence-corrected chi connectivity index (χ1v) is 15.6. The van der Waals surface area contributed by atoms with Gasteiger partial charge in [-0.05, 0) is 39.5 Å². The average molecular weight is 585 g/mol. The zero-order valence-corrected chi connectivity index (χ0v) is 24.8. The van der Waals surface area contributed by atoms with E-state index in [2.05, 4.69) is 31.9 Å². The molecule has 2 heterocycles. The van der Waals surface area contributed by atoms with E-state index in [1.54, 1.807) is 0 Å². The Morgan fingerprint density at radius 3 is 2.08 bits per heavy atom. The number of unbranched alkanes of at least 4 members (excludes halogenated alkanes) is 3. The molecule has 2 rings (SSSR count). The molecule has 40 heavy (non-hydrogen) atoms. The average Bonchev–Trinajstić information content (AvgIpc) is 3.45. The number of rotatable bonds is 21. The molecular weight excluding hydrogens is 536 g/mol. The minimum Gasteiger partial charge on any atom is -0.378 e. The smallest absolute Gasteiger partial charge is 0.315 e. The van der Waals surface area contributed by atoms with Gasteiger partial charge in [0.05, 0.1) is 25.3 Å². The van der Waals surface area contributed by atoms with E-state index in [0.29, 0.717) is 50.9 Å². The fourth-order valence-corrected chi connectivity index (χ4v) is 6.15.